The van der Waals surface area contributed by atoms with Crippen molar-refractivity contribution >= 4 is 5.91 Å². The van der Waals surface area contributed by atoms with E-state index in [9.17, 15) is 4.79 Å². The molecule has 2 rings (SSSR count). The Balaban J connectivity index is 0.00000106. The molecule has 0 aromatic rings. The van der Waals surface area contributed by atoms with Gasteiger partial charge in [-0.3, -0.25) is 4.79 Å². The van der Waals surface area contributed by atoms with E-state index in [1.807, 2.05) is 25.8 Å². The first-order valence-electron chi connectivity index (χ1n) is 8.87. The fraction of sp³-hybridized carbons (Fsp3) is 0.944. The van der Waals surface area contributed by atoms with Gasteiger partial charge in [0.15, 0.2) is 0 Å². The number of nitrogens with one attached hydrogen (secondary N) is 1. The molecule has 2 saturated carbocycles. The Kier molecular flexibility index (Phi) is 7.19. The average molecular weight is 296 g/mol. The molecule has 1 amide bonds. The molecular formula is C18H36N2O. The molecule has 0 saturated heterocycles. The van der Waals surface area contributed by atoms with Crippen molar-refractivity contribution < 1.29 is 4.79 Å². The van der Waals surface area contributed by atoms with Crippen molar-refractivity contribution in [2.24, 2.45) is 11.3 Å². The molecule has 0 unspecified atom stereocenters. The summed E-state index contributed by atoms with van der Waals surface area (Å²) in [4.78, 5) is 14.1. The van der Waals surface area contributed by atoms with E-state index in [-0.39, 0.29) is 5.91 Å². The molecule has 0 aromatic carbocycles. The van der Waals surface area contributed by atoms with Gasteiger partial charge in [0.1, 0.15) is 0 Å². The van der Waals surface area contributed by atoms with Gasteiger partial charge in [0.25, 0.3) is 0 Å². The fourth-order valence-corrected chi connectivity index (χ4v) is 3.18. The van der Waals surface area contributed by atoms with Gasteiger partial charge in [-0.2, -0.15) is 0 Å². The highest BCUT2D eigenvalue weighted by atomic mass is 16.2. The van der Waals surface area contributed by atoms with E-state index in [4.69, 9.17) is 0 Å². The topological polar surface area (TPSA) is 32.3 Å². The van der Waals surface area contributed by atoms with Gasteiger partial charge in [-0.1, -0.05) is 34.6 Å². The average Bonchev–Trinajstić information content (AvgIpc) is 3.29. The van der Waals surface area contributed by atoms with Gasteiger partial charge in [0, 0.05) is 19.1 Å². The van der Waals surface area contributed by atoms with E-state index in [1.165, 1.54) is 38.5 Å². The summed E-state index contributed by atoms with van der Waals surface area (Å²) in [5.74, 6) is 1.09. The predicted octanol–water partition coefficient (Wildman–Crippen LogP) is 3.83. The number of carbonyl (C=O) groups is 1. The van der Waals surface area contributed by atoms with Crippen LogP contribution in [0, 0.1) is 11.3 Å². The first kappa shape index (κ1) is 18.5. The number of carbonyl (C=O) groups excluding carboxylic acids is 1. The number of amides is 1. The summed E-state index contributed by atoms with van der Waals surface area (Å²) in [7, 11) is 1.99. The molecule has 0 radical (unpaired) electrons. The lowest BCUT2D eigenvalue weighted by molar-refractivity contribution is -0.131. The van der Waals surface area contributed by atoms with E-state index in [2.05, 4.69) is 26.1 Å². The molecule has 3 nitrogen and oxygen atoms in total. The van der Waals surface area contributed by atoms with Crippen LogP contribution in [0.1, 0.15) is 73.1 Å². The minimum absolute atomic E-state index is 0.270. The second-order valence-corrected chi connectivity index (χ2v) is 7.53. The molecule has 1 N–H and O–H groups in total. The molecule has 3 heteroatoms. The molecule has 0 aliphatic heterocycles. The van der Waals surface area contributed by atoms with Gasteiger partial charge in [-0.05, 0) is 49.9 Å². The Labute approximate surface area is 131 Å². The fourth-order valence-electron chi connectivity index (χ4n) is 3.18. The number of nitrogens with zero attached hydrogens (tertiary/aromatic N) is 1. The summed E-state index contributed by atoms with van der Waals surface area (Å²) in [6, 6.07) is 1.08. The van der Waals surface area contributed by atoms with Crippen LogP contribution in [0.2, 0.25) is 0 Å². The van der Waals surface area contributed by atoms with Gasteiger partial charge >= 0.3 is 0 Å². The van der Waals surface area contributed by atoms with Gasteiger partial charge in [-0.15, -0.1) is 0 Å². The highest BCUT2D eigenvalue weighted by molar-refractivity contribution is 5.78. The summed E-state index contributed by atoms with van der Waals surface area (Å²) >= 11 is 0. The molecule has 2 aliphatic carbocycles. The maximum Gasteiger partial charge on any atom is 0.236 e. The number of likely N-dealkylation sites (N-methyl/N-ethyl adjacent to an activating group) is 1. The number of hydrogen-bond donors (Lipinski definition) is 1. The van der Waals surface area contributed by atoms with E-state index in [0.717, 1.165) is 5.92 Å². The standard InChI is InChI=1S/C16H30N2O.C2H6/c1-16(2,3)12-5-9-14(10-6-12)18(4)15(19)11-17-13-7-8-13;1-2/h12-14,17H,5-11H2,1-4H3;1-2H3. The second kappa shape index (κ2) is 8.17. The third kappa shape index (κ3) is 5.98. The zero-order valence-corrected chi connectivity index (χ0v) is 15.0. The Hall–Kier alpha value is -0.570. The van der Waals surface area contributed by atoms with Crippen LogP contribution in [-0.4, -0.2) is 36.5 Å². The molecule has 0 atom stereocenters. The number of rotatable bonds is 4. The van der Waals surface area contributed by atoms with E-state index < -0.39 is 0 Å². The van der Waals surface area contributed by atoms with E-state index in [1.54, 1.807) is 0 Å². The van der Waals surface area contributed by atoms with Crippen LogP contribution in [0.15, 0.2) is 0 Å². The highest BCUT2D eigenvalue weighted by Gasteiger charge is 2.32. The Morgan fingerprint density at radius 1 is 1.05 bits per heavy atom. The lowest BCUT2D eigenvalue weighted by atomic mass is 9.71. The highest BCUT2D eigenvalue weighted by Crippen LogP contribution is 2.38. The lowest BCUT2D eigenvalue weighted by Crippen LogP contribution is -2.44. The second-order valence-electron chi connectivity index (χ2n) is 7.53. The van der Waals surface area contributed by atoms with E-state index in [0.29, 0.717) is 24.0 Å². The molecule has 0 bridgehead atoms. The molecule has 0 spiro atoms. The maximum absolute atomic E-state index is 12.1. The zero-order chi connectivity index (χ0) is 16.0. The summed E-state index contributed by atoms with van der Waals surface area (Å²) in [5, 5.41) is 3.32. The molecule has 2 aliphatic rings. The van der Waals surface area contributed by atoms with Gasteiger partial charge < -0.3 is 10.2 Å². The van der Waals surface area contributed by atoms with Crippen LogP contribution in [0.3, 0.4) is 0 Å². The Morgan fingerprint density at radius 3 is 2.00 bits per heavy atom. The first-order chi connectivity index (χ1) is 9.88. The minimum Gasteiger partial charge on any atom is -0.342 e. The Morgan fingerprint density at radius 2 is 1.57 bits per heavy atom. The van der Waals surface area contributed by atoms with Crippen molar-refractivity contribution in [3.63, 3.8) is 0 Å². The summed E-state index contributed by atoms with van der Waals surface area (Å²) in [6.07, 6.45) is 7.37. The van der Waals surface area contributed by atoms with Crippen LogP contribution in [-0.2, 0) is 4.79 Å². The van der Waals surface area contributed by atoms with Crippen molar-refractivity contribution in [3.8, 4) is 0 Å². The zero-order valence-electron chi connectivity index (χ0n) is 15.0. The first-order valence-corrected chi connectivity index (χ1v) is 8.87. The minimum atomic E-state index is 0.270. The summed E-state index contributed by atoms with van der Waals surface area (Å²) in [6.45, 7) is 11.5. The maximum atomic E-state index is 12.1. The normalized spacial score (nSPS) is 25.8. The van der Waals surface area contributed by atoms with Crippen molar-refractivity contribution in [2.45, 2.75) is 85.2 Å². The Bertz CT molecular complexity index is 310. The van der Waals surface area contributed by atoms with Crippen LogP contribution in [0.5, 0.6) is 0 Å². The number of hydrogen-bond acceptors (Lipinski definition) is 2. The van der Waals surface area contributed by atoms with Crippen molar-refractivity contribution in [2.75, 3.05) is 13.6 Å². The monoisotopic (exact) mass is 296 g/mol. The molecule has 2 fully saturated rings. The lowest BCUT2D eigenvalue weighted by Gasteiger charge is -2.40. The molecule has 0 aromatic heterocycles. The smallest absolute Gasteiger partial charge is 0.236 e. The molecule has 124 valence electrons. The van der Waals surface area contributed by atoms with Gasteiger partial charge in [-0.25, -0.2) is 0 Å². The van der Waals surface area contributed by atoms with Gasteiger partial charge in [0.05, 0.1) is 6.54 Å². The molecule has 21 heavy (non-hydrogen) atoms. The van der Waals surface area contributed by atoms with Crippen LogP contribution >= 0.6 is 0 Å². The van der Waals surface area contributed by atoms with Crippen LogP contribution in [0.25, 0.3) is 0 Å². The third-order valence-electron chi connectivity index (χ3n) is 4.98. The van der Waals surface area contributed by atoms with Gasteiger partial charge in [0.2, 0.25) is 5.91 Å². The van der Waals surface area contributed by atoms with Crippen LogP contribution in [0.4, 0.5) is 0 Å². The molecule has 0 heterocycles. The quantitative estimate of drug-likeness (QED) is 0.855. The molecular weight excluding hydrogens is 260 g/mol. The van der Waals surface area contributed by atoms with Crippen molar-refractivity contribution in [1.29, 1.82) is 0 Å². The van der Waals surface area contributed by atoms with E-state index >= 15 is 0 Å². The largest absolute Gasteiger partial charge is 0.342 e. The predicted molar refractivity (Wildman–Crippen MR) is 90.3 cm³/mol. The van der Waals surface area contributed by atoms with Crippen molar-refractivity contribution in [3.05, 3.63) is 0 Å². The third-order valence-corrected chi connectivity index (χ3v) is 4.98. The summed E-state index contributed by atoms with van der Waals surface area (Å²) < 4.78 is 0. The van der Waals surface area contributed by atoms with Crippen LogP contribution < -0.4 is 5.32 Å². The SMILES string of the molecule is CC.CN(C(=O)CNC1CC1)C1CCC(C(C)(C)C)CC1. The summed E-state index contributed by atoms with van der Waals surface area (Å²) in [5.41, 5.74) is 0.418. The van der Waals surface area contributed by atoms with Crippen molar-refractivity contribution in [1.82, 2.24) is 10.2 Å².